The van der Waals surface area contributed by atoms with Gasteiger partial charge in [-0.05, 0) is 30.2 Å². The Bertz CT molecular complexity index is 509. The predicted octanol–water partition coefficient (Wildman–Crippen LogP) is 1.95. The summed E-state index contributed by atoms with van der Waals surface area (Å²) < 4.78 is 6.20. The van der Waals surface area contributed by atoms with Crippen LogP contribution >= 0.6 is 23.8 Å². The van der Waals surface area contributed by atoms with Gasteiger partial charge in [0.05, 0.1) is 5.69 Å². The van der Waals surface area contributed by atoms with E-state index >= 15 is 0 Å². The summed E-state index contributed by atoms with van der Waals surface area (Å²) in [5, 5.41) is 7.16. The number of aryl methyl sites for hydroxylation is 2. The summed E-state index contributed by atoms with van der Waals surface area (Å²) in [6, 6.07) is 0. The van der Waals surface area contributed by atoms with Gasteiger partial charge in [0.2, 0.25) is 4.77 Å². The second-order valence-corrected chi connectivity index (χ2v) is 4.33. The minimum Gasteiger partial charge on any atom is -0.279 e. The molecule has 0 saturated carbocycles. The average molecular weight is 241 g/mol. The Morgan fingerprint density at radius 3 is 2.93 bits per heavy atom. The van der Waals surface area contributed by atoms with Gasteiger partial charge in [0.25, 0.3) is 0 Å². The largest absolute Gasteiger partial charge is 0.279 e. The van der Waals surface area contributed by atoms with Crippen molar-refractivity contribution in [2.45, 2.75) is 19.8 Å². The Morgan fingerprint density at radius 1 is 1.53 bits per heavy atom. The molecule has 2 aromatic rings. The molecule has 0 atom stereocenters. The Balaban J connectivity index is 2.44. The Kier molecular flexibility index (Phi) is 2.92. The van der Waals surface area contributed by atoms with E-state index in [2.05, 4.69) is 26.6 Å². The lowest BCUT2D eigenvalue weighted by molar-refractivity contribution is 0.756. The van der Waals surface area contributed by atoms with Crippen molar-refractivity contribution in [3.8, 4) is 10.7 Å². The number of hydrogen-bond donors (Lipinski definition) is 1. The van der Waals surface area contributed by atoms with Crippen LogP contribution in [-0.2, 0) is 13.5 Å². The second-order valence-electron chi connectivity index (χ2n) is 3.21. The minimum absolute atomic E-state index is 0.542. The zero-order valence-electron chi connectivity index (χ0n) is 8.52. The van der Waals surface area contributed by atoms with Gasteiger partial charge in [-0.25, -0.2) is 0 Å². The van der Waals surface area contributed by atoms with E-state index in [0.717, 1.165) is 29.2 Å². The van der Waals surface area contributed by atoms with E-state index < -0.39 is 0 Å². The van der Waals surface area contributed by atoms with Crippen LogP contribution in [-0.4, -0.2) is 24.4 Å². The highest BCUT2D eigenvalue weighted by Gasteiger charge is 2.12. The maximum absolute atomic E-state index is 5.04. The van der Waals surface area contributed by atoms with Gasteiger partial charge in [0, 0.05) is 7.05 Å². The fourth-order valence-corrected chi connectivity index (χ4v) is 2.08. The van der Waals surface area contributed by atoms with Gasteiger partial charge in [-0.1, -0.05) is 17.8 Å². The van der Waals surface area contributed by atoms with Crippen molar-refractivity contribution in [3.63, 3.8) is 0 Å². The fraction of sp³-hybridized carbons (Fsp3) is 0.500. The van der Waals surface area contributed by atoms with Gasteiger partial charge in [0.1, 0.15) is 4.88 Å². The first-order valence-corrected chi connectivity index (χ1v) is 5.85. The molecule has 0 fully saturated rings. The van der Waals surface area contributed by atoms with Crippen LogP contribution in [0.15, 0.2) is 0 Å². The average Bonchev–Trinajstić information content (AvgIpc) is 2.76. The molecule has 0 aliphatic carbocycles. The molecule has 7 heteroatoms. The van der Waals surface area contributed by atoms with Gasteiger partial charge in [0.15, 0.2) is 5.82 Å². The van der Waals surface area contributed by atoms with Crippen molar-refractivity contribution >= 4 is 23.8 Å². The first-order chi connectivity index (χ1) is 7.22. The topological polar surface area (TPSA) is 59.4 Å². The zero-order valence-corrected chi connectivity index (χ0v) is 10.2. The van der Waals surface area contributed by atoms with Gasteiger partial charge in [-0.2, -0.15) is 4.98 Å². The SMILES string of the molecule is CCCc1nnsc1-c1nc(=S)n(C)[nH]1. The molecule has 2 aromatic heterocycles. The Hall–Kier alpha value is -1.08. The van der Waals surface area contributed by atoms with Crippen LogP contribution in [0.2, 0.25) is 0 Å². The molecule has 0 aliphatic heterocycles. The van der Waals surface area contributed by atoms with Crippen molar-refractivity contribution in [2.75, 3.05) is 0 Å². The molecular weight excluding hydrogens is 230 g/mol. The van der Waals surface area contributed by atoms with Crippen LogP contribution in [0.25, 0.3) is 10.7 Å². The molecule has 2 rings (SSSR count). The van der Waals surface area contributed by atoms with Gasteiger partial charge < -0.3 is 0 Å². The van der Waals surface area contributed by atoms with Crippen LogP contribution < -0.4 is 0 Å². The lowest BCUT2D eigenvalue weighted by atomic mass is 10.2. The summed E-state index contributed by atoms with van der Waals surface area (Å²) in [7, 11) is 1.84. The Labute approximate surface area is 96.3 Å². The third kappa shape index (κ3) is 1.98. The van der Waals surface area contributed by atoms with E-state index in [0.29, 0.717) is 4.77 Å². The quantitative estimate of drug-likeness (QED) is 0.834. The molecule has 2 heterocycles. The molecule has 0 saturated heterocycles. The van der Waals surface area contributed by atoms with Crippen molar-refractivity contribution in [1.82, 2.24) is 24.4 Å². The number of rotatable bonds is 3. The van der Waals surface area contributed by atoms with Crippen LogP contribution in [0.3, 0.4) is 0 Å². The number of hydrogen-bond acceptors (Lipinski definition) is 5. The summed E-state index contributed by atoms with van der Waals surface area (Å²) in [6.07, 6.45) is 1.97. The lowest BCUT2D eigenvalue weighted by Gasteiger charge is -1.94. The monoisotopic (exact) mass is 241 g/mol. The smallest absolute Gasteiger partial charge is 0.216 e. The first kappa shape index (κ1) is 10.4. The van der Waals surface area contributed by atoms with Gasteiger partial charge >= 0.3 is 0 Å². The maximum atomic E-state index is 5.04. The highest BCUT2D eigenvalue weighted by atomic mass is 32.1. The van der Waals surface area contributed by atoms with Crippen molar-refractivity contribution in [3.05, 3.63) is 10.5 Å². The molecule has 0 unspecified atom stereocenters. The molecule has 0 aliphatic rings. The number of H-pyrrole nitrogens is 1. The molecule has 0 amide bonds. The molecular formula is C8H11N5S2. The number of aromatic nitrogens is 5. The summed E-state index contributed by atoms with van der Waals surface area (Å²) in [4.78, 5) is 5.24. The van der Waals surface area contributed by atoms with Crippen LogP contribution in [0.4, 0.5) is 0 Å². The predicted molar refractivity (Wildman–Crippen MR) is 61.3 cm³/mol. The highest BCUT2D eigenvalue weighted by molar-refractivity contribution is 7.71. The molecule has 0 aromatic carbocycles. The summed E-state index contributed by atoms with van der Waals surface area (Å²) in [5.41, 5.74) is 0.992. The molecule has 80 valence electrons. The second kappa shape index (κ2) is 4.19. The van der Waals surface area contributed by atoms with E-state index in [-0.39, 0.29) is 0 Å². The maximum Gasteiger partial charge on any atom is 0.216 e. The van der Waals surface area contributed by atoms with Crippen LogP contribution in [0, 0.1) is 4.77 Å². The molecule has 0 bridgehead atoms. The van der Waals surface area contributed by atoms with Gasteiger partial charge in [-0.3, -0.25) is 9.78 Å². The molecule has 15 heavy (non-hydrogen) atoms. The van der Waals surface area contributed by atoms with Crippen molar-refractivity contribution in [1.29, 1.82) is 0 Å². The van der Waals surface area contributed by atoms with Gasteiger partial charge in [-0.15, -0.1) is 5.10 Å². The third-order valence-corrected chi connectivity index (χ3v) is 3.17. The standard InChI is InChI=1S/C8H11N5S2/c1-3-4-5-6(15-12-10-5)7-9-8(14)13(2)11-7/h3-4H2,1-2H3,(H,9,11,14). The number of nitrogens with one attached hydrogen (secondary N) is 1. The number of nitrogens with zero attached hydrogens (tertiary/aromatic N) is 4. The normalized spacial score (nSPS) is 10.8. The van der Waals surface area contributed by atoms with E-state index in [9.17, 15) is 0 Å². The minimum atomic E-state index is 0.542. The van der Waals surface area contributed by atoms with E-state index in [1.165, 1.54) is 11.5 Å². The third-order valence-electron chi connectivity index (χ3n) is 2.03. The molecule has 0 radical (unpaired) electrons. The number of aromatic amines is 1. The fourth-order valence-electron chi connectivity index (χ4n) is 1.29. The summed E-state index contributed by atoms with van der Waals surface area (Å²) in [6.45, 7) is 2.11. The van der Waals surface area contributed by atoms with E-state index in [1.54, 1.807) is 4.68 Å². The zero-order chi connectivity index (χ0) is 10.8. The first-order valence-electron chi connectivity index (χ1n) is 4.67. The van der Waals surface area contributed by atoms with Crippen molar-refractivity contribution < 1.29 is 0 Å². The van der Waals surface area contributed by atoms with E-state index in [1.807, 2.05) is 7.05 Å². The van der Waals surface area contributed by atoms with Crippen LogP contribution in [0.1, 0.15) is 19.0 Å². The van der Waals surface area contributed by atoms with Crippen molar-refractivity contribution in [2.24, 2.45) is 7.05 Å². The lowest BCUT2D eigenvalue weighted by Crippen LogP contribution is -1.91. The Morgan fingerprint density at radius 2 is 2.33 bits per heavy atom. The molecule has 0 spiro atoms. The molecule has 5 nitrogen and oxygen atoms in total. The van der Waals surface area contributed by atoms with Crippen LogP contribution in [0.5, 0.6) is 0 Å². The summed E-state index contributed by atoms with van der Waals surface area (Å²) >= 11 is 6.39. The highest BCUT2D eigenvalue weighted by Crippen LogP contribution is 2.23. The van der Waals surface area contributed by atoms with E-state index in [4.69, 9.17) is 12.2 Å². The summed E-state index contributed by atoms with van der Waals surface area (Å²) in [5.74, 6) is 0.765. The molecule has 1 N–H and O–H groups in total.